The van der Waals surface area contributed by atoms with E-state index < -0.39 is 5.41 Å². The Morgan fingerprint density at radius 3 is 2.58 bits per heavy atom. The van der Waals surface area contributed by atoms with Crippen molar-refractivity contribution in [3.63, 3.8) is 0 Å². The average molecular weight is 261 g/mol. The number of fused-ring (bicyclic) bond motifs is 1. The molecule has 3 heteroatoms. The molecule has 3 atom stereocenters. The van der Waals surface area contributed by atoms with E-state index in [2.05, 4.69) is 26.8 Å². The molecule has 0 radical (unpaired) electrons. The highest BCUT2D eigenvalue weighted by molar-refractivity contribution is 6.04. The van der Waals surface area contributed by atoms with Crippen molar-refractivity contribution in [1.82, 2.24) is 0 Å². The van der Waals surface area contributed by atoms with E-state index in [1.807, 2.05) is 19.9 Å². The van der Waals surface area contributed by atoms with E-state index in [4.69, 9.17) is 10.00 Å². The molecule has 1 heterocycles. The fourth-order valence-corrected chi connectivity index (χ4v) is 3.56. The summed E-state index contributed by atoms with van der Waals surface area (Å²) in [4.78, 5) is 12.4. The predicted molar refractivity (Wildman–Crippen MR) is 73.3 cm³/mol. The molecule has 0 unspecified atom stereocenters. The zero-order valence-electron chi connectivity index (χ0n) is 12.5. The van der Waals surface area contributed by atoms with Crippen molar-refractivity contribution in [2.24, 2.45) is 16.7 Å². The number of hydrogen-bond donors (Lipinski definition) is 0. The molecule has 0 aromatic heterocycles. The standard InChI is InChI=1S/C16H23NO2/c1-10(2)12-6-7-16(5)8-11(9-17)13(18)15(3,4)14(16)19-12/h8,10,12,14H,6-7H2,1-5H3/t12-,14-,16-/m1/s1. The van der Waals surface area contributed by atoms with Gasteiger partial charge >= 0.3 is 0 Å². The topological polar surface area (TPSA) is 50.1 Å². The Kier molecular flexibility index (Phi) is 3.35. The Hall–Kier alpha value is -1.14. The van der Waals surface area contributed by atoms with Gasteiger partial charge in [-0.1, -0.05) is 26.8 Å². The Morgan fingerprint density at radius 1 is 1.42 bits per heavy atom. The van der Waals surface area contributed by atoms with Gasteiger partial charge in [0.15, 0.2) is 5.78 Å². The summed E-state index contributed by atoms with van der Waals surface area (Å²) in [5.74, 6) is 0.374. The van der Waals surface area contributed by atoms with Crippen LogP contribution in [0.4, 0.5) is 0 Å². The van der Waals surface area contributed by atoms with Crippen LogP contribution in [0, 0.1) is 28.1 Å². The zero-order chi connectivity index (χ0) is 14.4. The van der Waals surface area contributed by atoms with Gasteiger partial charge in [-0.15, -0.1) is 0 Å². The number of ketones is 1. The first-order valence-corrected chi connectivity index (χ1v) is 7.05. The maximum Gasteiger partial charge on any atom is 0.181 e. The van der Waals surface area contributed by atoms with Gasteiger partial charge in [0.25, 0.3) is 0 Å². The first-order valence-electron chi connectivity index (χ1n) is 7.05. The zero-order valence-corrected chi connectivity index (χ0v) is 12.5. The van der Waals surface area contributed by atoms with Gasteiger partial charge in [-0.2, -0.15) is 5.26 Å². The van der Waals surface area contributed by atoms with E-state index in [1.54, 1.807) is 0 Å². The van der Waals surface area contributed by atoms with Crippen molar-refractivity contribution < 1.29 is 9.53 Å². The highest BCUT2D eigenvalue weighted by Gasteiger charge is 2.54. The number of hydrogen-bond acceptors (Lipinski definition) is 3. The van der Waals surface area contributed by atoms with E-state index in [-0.39, 0.29) is 23.4 Å². The molecule has 1 saturated heterocycles. The van der Waals surface area contributed by atoms with Crippen molar-refractivity contribution in [2.45, 2.75) is 59.7 Å². The van der Waals surface area contributed by atoms with Crippen LogP contribution in [-0.2, 0) is 9.53 Å². The molecule has 0 saturated carbocycles. The largest absolute Gasteiger partial charge is 0.373 e. The first kappa shape index (κ1) is 14.3. The molecule has 0 amide bonds. The number of carbonyl (C=O) groups excluding carboxylic acids is 1. The molecule has 3 nitrogen and oxygen atoms in total. The van der Waals surface area contributed by atoms with Crippen molar-refractivity contribution >= 4 is 5.78 Å². The first-order chi connectivity index (χ1) is 8.72. The summed E-state index contributed by atoms with van der Waals surface area (Å²) < 4.78 is 6.26. The predicted octanol–water partition coefficient (Wildman–Crippen LogP) is 3.26. The van der Waals surface area contributed by atoms with Crippen LogP contribution in [0.2, 0.25) is 0 Å². The van der Waals surface area contributed by atoms with Gasteiger partial charge in [0.2, 0.25) is 0 Å². The number of nitrogens with zero attached hydrogens (tertiary/aromatic N) is 1. The van der Waals surface area contributed by atoms with Gasteiger partial charge in [-0.05, 0) is 32.6 Å². The highest BCUT2D eigenvalue weighted by atomic mass is 16.5. The van der Waals surface area contributed by atoms with Gasteiger partial charge in [0.1, 0.15) is 6.07 Å². The fourth-order valence-electron chi connectivity index (χ4n) is 3.56. The Morgan fingerprint density at radius 2 is 2.05 bits per heavy atom. The summed E-state index contributed by atoms with van der Waals surface area (Å²) in [6.45, 7) is 10.2. The maximum atomic E-state index is 12.4. The Balaban J connectivity index is 2.43. The number of allylic oxidation sites excluding steroid dienone is 1. The molecule has 1 fully saturated rings. The van der Waals surface area contributed by atoms with Crippen LogP contribution < -0.4 is 0 Å². The van der Waals surface area contributed by atoms with Crippen molar-refractivity contribution in [3.05, 3.63) is 11.6 Å². The van der Waals surface area contributed by atoms with E-state index >= 15 is 0 Å². The number of Topliss-reactive ketones (excluding diaryl/α,β-unsaturated/α-hetero) is 1. The number of rotatable bonds is 1. The molecule has 0 bridgehead atoms. The molecule has 1 aliphatic heterocycles. The normalized spacial score (nSPS) is 37.5. The molecule has 0 aromatic carbocycles. The lowest BCUT2D eigenvalue weighted by Gasteiger charge is -2.52. The summed E-state index contributed by atoms with van der Waals surface area (Å²) in [5.41, 5.74) is -0.522. The smallest absolute Gasteiger partial charge is 0.181 e. The molecular weight excluding hydrogens is 238 g/mol. The van der Waals surface area contributed by atoms with Crippen LogP contribution in [-0.4, -0.2) is 18.0 Å². The minimum absolute atomic E-state index is 0.0816. The van der Waals surface area contributed by atoms with Crippen LogP contribution in [0.15, 0.2) is 11.6 Å². The SMILES string of the molecule is CC(C)[C@H]1CC[C@]2(C)C=C(C#N)C(=O)C(C)(C)[C@H]2O1. The van der Waals surface area contributed by atoms with E-state index in [1.165, 1.54) is 0 Å². The fraction of sp³-hybridized carbons (Fsp3) is 0.750. The minimum Gasteiger partial charge on any atom is -0.373 e. The second-order valence-electron chi connectivity index (χ2n) is 7.06. The highest BCUT2D eigenvalue weighted by Crippen LogP contribution is 2.51. The van der Waals surface area contributed by atoms with Crippen LogP contribution in [0.3, 0.4) is 0 Å². The van der Waals surface area contributed by atoms with Crippen molar-refractivity contribution in [1.29, 1.82) is 5.26 Å². The van der Waals surface area contributed by atoms with Gasteiger partial charge in [-0.25, -0.2) is 0 Å². The molecule has 19 heavy (non-hydrogen) atoms. The van der Waals surface area contributed by atoms with Gasteiger partial charge in [-0.3, -0.25) is 4.79 Å². The lowest BCUT2D eigenvalue weighted by atomic mass is 9.59. The van der Waals surface area contributed by atoms with Gasteiger partial charge in [0.05, 0.1) is 23.2 Å². The second kappa shape index (κ2) is 4.45. The third-order valence-corrected chi connectivity index (χ3v) is 4.70. The average Bonchev–Trinajstić information content (AvgIpc) is 2.33. The quantitative estimate of drug-likeness (QED) is 0.728. The maximum absolute atomic E-state index is 12.4. The molecule has 0 spiro atoms. The van der Waals surface area contributed by atoms with E-state index in [0.717, 1.165) is 12.8 Å². The molecule has 2 rings (SSSR count). The van der Waals surface area contributed by atoms with E-state index in [0.29, 0.717) is 11.5 Å². The van der Waals surface area contributed by atoms with Crippen molar-refractivity contribution in [2.75, 3.05) is 0 Å². The van der Waals surface area contributed by atoms with Crippen LogP contribution in [0.1, 0.15) is 47.5 Å². The van der Waals surface area contributed by atoms with E-state index in [9.17, 15) is 4.79 Å². The summed E-state index contributed by atoms with van der Waals surface area (Å²) in [7, 11) is 0. The van der Waals surface area contributed by atoms with Crippen LogP contribution >= 0.6 is 0 Å². The third kappa shape index (κ3) is 2.12. The molecule has 0 aromatic rings. The monoisotopic (exact) mass is 261 g/mol. The summed E-state index contributed by atoms with van der Waals surface area (Å²) in [6.07, 6.45) is 3.89. The summed E-state index contributed by atoms with van der Waals surface area (Å²) in [5, 5.41) is 9.16. The Labute approximate surface area is 115 Å². The van der Waals surface area contributed by atoms with Crippen LogP contribution in [0.25, 0.3) is 0 Å². The molecule has 1 aliphatic carbocycles. The molecular formula is C16H23NO2. The number of ether oxygens (including phenoxy) is 1. The number of carbonyl (C=O) groups is 1. The molecule has 0 N–H and O–H groups in total. The Bertz CT molecular complexity index is 470. The molecule has 2 aliphatic rings. The lowest BCUT2D eigenvalue weighted by Crippen LogP contribution is -2.56. The minimum atomic E-state index is -0.623. The third-order valence-electron chi connectivity index (χ3n) is 4.70. The summed E-state index contributed by atoms with van der Waals surface area (Å²) >= 11 is 0. The summed E-state index contributed by atoms with van der Waals surface area (Å²) in [6, 6.07) is 2.06. The second-order valence-corrected chi connectivity index (χ2v) is 7.06. The van der Waals surface area contributed by atoms with Crippen molar-refractivity contribution in [3.8, 4) is 6.07 Å². The van der Waals surface area contributed by atoms with Gasteiger partial charge in [0, 0.05) is 5.41 Å². The molecule has 104 valence electrons. The van der Waals surface area contributed by atoms with Crippen LogP contribution in [0.5, 0.6) is 0 Å². The number of nitriles is 1. The van der Waals surface area contributed by atoms with Gasteiger partial charge < -0.3 is 4.74 Å². The lowest BCUT2D eigenvalue weighted by molar-refractivity contribution is -0.178.